The summed E-state index contributed by atoms with van der Waals surface area (Å²) in [7, 11) is 1.58. The van der Waals surface area contributed by atoms with Gasteiger partial charge < -0.3 is 29.8 Å². The Kier molecular flexibility index (Phi) is 8.90. The Morgan fingerprint density at radius 2 is 1.93 bits per heavy atom. The SMILES string of the molecule is CCNc1nc(-c2cc(OC)cc(C(C)O)c2)c(-c2ccnc(Nc3ccc(N4CCN(CCF)CC4)nc3)n2)o1. The number of oxazole rings is 1. The number of aliphatic hydroxyl groups is 1. The van der Waals surface area contributed by atoms with Gasteiger partial charge in [0.1, 0.15) is 29.6 Å². The predicted molar refractivity (Wildman–Crippen MR) is 156 cm³/mol. The summed E-state index contributed by atoms with van der Waals surface area (Å²) in [5.74, 6) is 2.30. The monoisotopic (exact) mass is 562 g/mol. The van der Waals surface area contributed by atoms with E-state index in [-0.39, 0.29) is 6.67 Å². The highest BCUT2D eigenvalue weighted by Gasteiger charge is 2.21. The molecule has 0 bridgehead atoms. The zero-order chi connectivity index (χ0) is 28.8. The van der Waals surface area contributed by atoms with Crippen molar-refractivity contribution >= 4 is 23.5 Å². The Morgan fingerprint density at radius 3 is 2.61 bits per heavy atom. The number of benzene rings is 1. The fourth-order valence-corrected chi connectivity index (χ4v) is 4.68. The van der Waals surface area contributed by atoms with Crippen LogP contribution in [0.4, 0.5) is 27.9 Å². The fraction of sp³-hybridized carbons (Fsp3) is 0.379. The topological polar surface area (TPSA) is 125 Å². The molecule has 0 aliphatic carbocycles. The smallest absolute Gasteiger partial charge is 0.295 e. The minimum absolute atomic E-state index is 0.318. The molecule has 4 heterocycles. The third kappa shape index (κ3) is 6.72. The number of ether oxygens (including phenoxy) is 1. The van der Waals surface area contributed by atoms with Gasteiger partial charge in [-0.25, -0.2) is 19.3 Å². The molecule has 3 N–H and O–H groups in total. The van der Waals surface area contributed by atoms with Gasteiger partial charge in [0.05, 0.1) is 25.1 Å². The van der Waals surface area contributed by atoms with E-state index in [9.17, 15) is 9.50 Å². The summed E-state index contributed by atoms with van der Waals surface area (Å²) in [6, 6.07) is 11.5. The summed E-state index contributed by atoms with van der Waals surface area (Å²) in [5, 5.41) is 16.6. The number of nitrogens with one attached hydrogen (secondary N) is 2. The molecule has 11 nitrogen and oxygen atoms in total. The molecular formula is C29H35FN8O3. The fourth-order valence-electron chi connectivity index (χ4n) is 4.68. The first kappa shape index (κ1) is 28.2. The first-order valence-corrected chi connectivity index (χ1v) is 13.7. The number of piperazine rings is 1. The number of pyridine rings is 1. The number of nitrogens with zero attached hydrogens (tertiary/aromatic N) is 6. The summed E-state index contributed by atoms with van der Waals surface area (Å²) < 4.78 is 24.2. The third-order valence-electron chi connectivity index (χ3n) is 6.86. The molecular weight excluding hydrogens is 527 g/mol. The van der Waals surface area contributed by atoms with Gasteiger partial charge in [0.15, 0.2) is 5.76 Å². The van der Waals surface area contributed by atoms with Crippen molar-refractivity contribution in [3.63, 3.8) is 0 Å². The molecule has 0 radical (unpaired) electrons. The molecule has 1 aliphatic rings. The van der Waals surface area contributed by atoms with Crippen molar-refractivity contribution in [2.24, 2.45) is 0 Å². The van der Waals surface area contributed by atoms with E-state index in [4.69, 9.17) is 14.1 Å². The van der Waals surface area contributed by atoms with Crippen LogP contribution < -0.4 is 20.3 Å². The molecule has 0 spiro atoms. The average Bonchev–Trinajstić information content (AvgIpc) is 3.42. The summed E-state index contributed by atoms with van der Waals surface area (Å²) in [5.41, 5.74) is 3.25. The summed E-state index contributed by atoms with van der Waals surface area (Å²) in [6.45, 7) is 7.71. The molecule has 0 saturated carbocycles. The van der Waals surface area contributed by atoms with Crippen LogP contribution in [0.2, 0.25) is 0 Å². The van der Waals surface area contributed by atoms with E-state index in [1.165, 1.54) is 0 Å². The van der Waals surface area contributed by atoms with E-state index in [0.29, 0.717) is 53.5 Å². The van der Waals surface area contributed by atoms with Gasteiger partial charge in [-0.1, -0.05) is 0 Å². The number of aromatic nitrogens is 4. The number of rotatable bonds is 11. The van der Waals surface area contributed by atoms with Gasteiger partial charge in [0.2, 0.25) is 5.95 Å². The van der Waals surface area contributed by atoms with Crippen molar-refractivity contribution in [2.75, 3.05) is 68.6 Å². The second-order valence-electron chi connectivity index (χ2n) is 9.71. The van der Waals surface area contributed by atoms with Crippen molar-refractivity contribution < 1.29 is 18.7 Å². The molecule has 3 aromatic heterocycles. The second kappa shape index (κ2) is 12.9. The number of alkyl halides is 1. The molecule has 1 fully saturated rings. The van der Waals surface area contributed by atoms with Crippen molar-refractivity contribution in [1.29, 1.82) is 0 Å². The van der Waals surface area contributed by atoms with Crippen LogP contribution in [0, 0.1) is 0 Å². The van der Waals surface area contributed by atoms with Gasteiger partial charge in [-0.2, -0.15) is 4.98 Å². The zero-order valence-electron chi connectivity index (χ0n) is 23.5. The molecule has 1 aliphatic heterocycles. The van der Waals surface area contributed by atoms with E-state index in [0.717, 1.165) is 43.2 Å². The maximum absolute atomic E-state index is 12.6. The van der Waals surface area contributed by atoms with Crippen LogP contribution in [-0.2, 0) is 0 Å². The number of hydrogen-bond donors (Lipinski definition) is 3. The summed E-state index contributed by atoms with van der Waals surface area (Å²) >= 11 is 0. The Bertz CT molecular complexity index is 1440. The van der Waals surface area contributed by atoms with E-state index >= 15 is 0 Å². The Hall–Kier alpha value is -4.29. The van der Waals surface area contributed by atoms with Gasteiger partial charge in [0, 0.05) is 51.0 Å². The highest BCUT2D eigenvalue weighted by molar-refractivity contribution is 5.78. The number of anilines is 4. The Labute approximate surface area is 238 Å². The van der Waals surface area contributed by atoms with Gasteiger partial charge in [-0.3, -0.25) is 4.90 Å². The van der Waals surface area contributed by atoms with Crippen LogP contribution in [0.15, 0.2) is 53.2 Å². The second-order valence-corrected chi connectivity index (χ2v) is 9.71. The van der Waals surface area contributed by atoms with Crippen molar-refractivity contribution in [3.05, 3.63) is 54.4 Å². The molecule has 1 unspecified atom stereocenters. The molecule has 216 valence electrons. The highest BCUT2D eigenvalue weighted by atomic mass is 19.1. The Morgan fingerprint density at radius 1 is 1.10 bits per heavy atom. The minimum atomic E-state index is -0.687. The van der Waals surface area contributed by atoms with Crippen LogP contribution in [-0.4, -0.2) is 83.0 Å². The average molecular weight is 563 g/mol. The predicted octanol–water partition coefficient (Wildman–Crippen LogP) is 4.52. The van der Waals surface area contributed by atoms with E-state index in [2.05, 4.69) is 35.4 Å². The first-order valence-electron chi connectivity index (χ1n) is 13.7. The lowest BCUT2D eigenvalue weighted by atomic mass is 10.0. The van der Waals surface area contributed by atoms with E-state index in [1.807, 2.05) is 31.2 Å². The quantitative estimate of drug-likeness (QED) is 0.239. The first-order chi connectivity index (χ1) is 20.0. The zero-order valence-corrected chi connectivity index (χ0v) is 23.5. The normalized spacial score (nSPS) is 14.6. The number of methoxy groups -OCH3 is 1. The summed E-state index contributed by atoms with van der Waals surface area (Å²) in [6.07, 6.45) is 2.71. The molecule has 1 saturated heterocycles. The van der Waals surface area contributed by atoms with Crippen LogP contribution in [0.3, 0.4) is 0 Å². The van der Waals surface area contributed by atoms with Crippen molar-refractivity contribution in [1.82, 2.24) is 24.8 Å². The van der Waals surface area contributed by atoms with Crippen LogP contribution in [0.5, 0.6) is 5.75 Å². The molecule has 1 aromatic carbocycles. The lowest BCUT2D eigenvalue weighted by molar-refractivity contribution is 0.199. The van der Waals surface area contributed by atoms with Crippen LogP contribution in [0.25, 0.3) is 22.7 Å². The maximum atomic E-state index is 12.6. The van der Waals surface area contributed by atoms with Gasteiger partial charge >= 0.3 is 0 Å². The largest absolute Gasteiger partial charge is 0.497 e. The minimum Gasteiger partial charge on any atom is -0.497 e. The lowest BCUT2D eigenvalue weighted by Gasteiger charge is -2.34. The molecule has 1 atom stereocenters. The highest BCUT2D eigenvalue weighted by Crippen LogP contribution is 2.37. The van der Waals surface area contributed by atoms with Gasteiger partial charge in [-0.15, -0.1) is 0 Å². The molecule has 4 aromatic rings. The number of hydrogen-bond acceptors (Lipinski definition) is 11. The van der Waals surface area contributed by atoms with Gasteiger partial charge in [0.25, 0.3) is 6.01 Å². The maximum Gasteiger partial charge on any atom is 0.295 e. The van der Waals surface area contributed by atoms with E-state index < -0.39 is 6.10 Å². The Balaban J connectivity index is 1.38. The number of aliphatic hydroxyl groups excluding tert-OH is 1. The van der Waals surface area contributed by atoms with E-state index in [1.54, 1.807) is 38.6 Å². The molecule has 0 amide bonds. The van der Waals surface area contributed by atoms with Crippen LogP contribution >= 0.6 is 0 Å². The summed E-state index contributed by atoms with van der Waals surface area (Å²) in [4.78, 5) is 22.7. The third-order valence-corrected chi connectivity index (χ3v) is 6.86. The van der Waals surface area contributed by atoms with Crippen molar-refractivity contribution in [3.8, 4) is 28.5 Å². The van der Waals surface area contributed by atoms with Crippen molar-refractivity contribution in [2.45, 2.75) is 20.0 Å². The molecule has 12 heteroatoms. The molecule has 5 rings (SSSR count). The van der Waals surface area contributed by atoms with Gasteiger partial charge in [-0.05, 0) is 55.8 Å². The standard InChI is InChI=1S/C29H35FN8O3/c1-4-31-29-36-26(21-15-20(19(2)39)16-23(17-21)40-3)27(41-29)24-7-9-32-28(35-24)34-22-5-6-25(33-18-22)38-13-11-37(10-8-30)12-14-38/h5-7,9,15-19,39H,4,8,10-14H2,1-3H3,(H,31,36)(H,32,34,35). The number of halogens is 1. The van der Waals surface area contributed by atoms with Crippen LogP contribution in [0.1, 0.15) is 25.5 Å². The molecule has 41 heavy (non-hydrogen) atoms. The lowest BCUT2D eigenvalue weighted by Crippen LogP contribution is -2.47.